The van der Waals surface area contributed by atoms with Gasteiger partial charge in [0.25, 0.3) is 5.91 Å². The fourth-order valence-electron chi connectivity index (χ4n) is 4.94. The zero-order valence-corrected chi connectivity index (χ0v) is 19.0. The van der Waals surface area contributed by atoms with Gasteiger partial charge in [0.05, 0.1) is 0 Å². The monoisotopic (exact) mass is 441 g/mol. The van der Waals surface area contributed by atoms with Crippen molar-refractivity contribution in [2.75, 3.05) is 47.3 Å². The maximum atomic E-state index is 13.3. The van der Waals surface area contributed by atoms with Gasteiger partial charge < -0.3 is 19.6 Å². The van der Waals surface area contributed by atoms with Gasteiger partial charge in [-0.25, -0.2) is 4.79 Å². The van der Waals surface area contributed by atoms with Crippen molar-refractivity contribution in [1.82, 2.24) is 24.5 Å². The number of carbonyl (C=O) groups excluding carboxylic acids is 4. The quantitative estimate of drug-likeness (QED) is 0.633. The minimum atomic E-state index is -0.436. The molecule has 3 heterocycles. The Kier molecular flexibility index (Phi) is 6.19. The van der Waals surface area contributed by atoms with E-state index >= 15 is 0 Å². The molecule has 1 aromatic carbocycles. The van der Waals surface area contributed by atoms with E-state index in [1.807, 2.05) is 43.3 Å². The van der Waals surface area contributed by atoms with E-state index in [-0.39, 0.29) is 42.9 Å². The molecule has 5 amide bonds. The van der Waals surface area contributed by atoms with Crippen molar-refractivity contribution >= 4 is 23.8 Å². The van der Waals surface area contributed by atoms with E-state index in [2.05, 4.69) is 4.90 Å². The third-order valence-electron chi connectivity index (χ3n) is 6.65. The molecule has 3 aliphatic heterocycles. The van der Waals surface area contributed by atoms with Gasteiger partial charge in [-0.15, -0.1) is 0 Å². The maximum absolute atomic E-state index is 13.3. The largest absolute Gasteiger partial charge is 0.339 e. The molecule has 0 radical (unpaired) electrons. The van der Waals surface area contributed by atoms with Gasteiger partial charge in [0.1, 0.15) is 13.1 Å². The summed E-state index contributed by atoms with van der Waals surface area (Å²) in [5, 5.41) is 0. The topological polar surface area (TPSA) is 84.5 Å². The Balaban J connectivity index is 1.42. The fourth-order valence-corrected chi connectivity index (χ4v) is 4.94. The van der Waals surface area contributed by atoms with Crippen LogP contribution < -0.4 is 0 Å². The van der Waals surface area contributed by atoms with E-state index in [1.165, 1.54) is 11.9 Å². The van der Waals surface area contributed by atoms with E-state index in [1.54, 1.807) is 4.90 Å². The number of amides is 5. The SMILES string of the molecule is CN(C)Cc1ccc(C(=O)N2C3CCC2CN(C(=O)CN2CC(=O)N(C)C2=O)CC3)cc1. The Hall–Kier alpha value is -2.94. The average molecular weight is 442 g/mol. The molecule has 0 spiro atoms. The van der Waals surface area contributed by atoms with Crippen LogP contribution in [-0.2, 0) is 16.1 Å². The second-order valence-electron chi connectivity index (χ2n) is 9.25. The Labute approximate surface area is 188 Å². The van der Waals surface area contributed by atoms with E-state index in [9.17, 15) is 19.2 Å². The van der Waals surface area contributed by atoms with Crippen molar-refractivity contribution in [1.29, 1.82) is 0 Å². The van der Waals surface area contributed by atoms with Crippen molar-refractivity contribution < 1.29 is 19.2 Å². The van der Waals surface area contributed by atoms with Crippen LogP contribution in [-0.4, -0.2) is 108 Å². The van der Waals surface area contributed by atoms with Crippen LogP contribution in [0.1, 0.15) is 35.2 Å². The molecule has 1 aromatic rings. The zero-order valence-electron chi connectivity index (χ0n) is 19.0. The molecule has 32 heavy (non-hydrogen) atoms. The van der Waals surface area contributed by atoms with Crippen molar-refractivity contribution in [3.05, 3.63) is 35.4 Å². The second-order valence-corrected chi connectivity index (χ2v) is 9.25. The Morgan fingerprint density at radius 2 is 1.72 bits per heavy atom. The van der Waals surface area contributed by atoms with Gasteiger partial charge in [-0.2, -0.15) is 0 Å². The highest BCUT2D eigenvalue weighted by Gasteiger charge is 2.42. The molecule has 9 nitrogen and oxygen atoms in total. The van der Waals surface area contributed by atoms with Crippen molar-refractivity contribution in [2.24, 2.45) is 0 Å². The number of benzene rings is 1. The predicted octanol–water partition coefficient (Wildman–Crippen LogP) is 0.848. The number of urea groups is 1. The number of nitrogens with zero attached hydrogens (tertiary/aromatic N) is 5. The number of hydrogen-bond donors (Lipinski definition) is 0. The molecule has 3 fully saturated rings. The molecule has 2 atom stereocenters. The lowest BCUT2D eigenvalue weighted by Gasteiger charge is -2.29. The first-order valence-electron chi connectivity index (χ1n) is 11.1. The number of carbonyl (C=O) groups is 4. The van der Waals surface area contributed by atoms with Crippen LogP contribution in [0.4, 0.5) is 4.79 Å². The summed E-state index contributed by atoms with van der Waals surface area (Å²) in [4.78, 5) is 58.2. The van der Waals surface area contributed by atoms with Gasteiger partial charge in [-0.3, -0.25) is 19.3 Å². The summed E-state index contributed by atoms with van der Waals surface area (Å²) in [5.74, 6) is -0.453. The summed E-state index contributed by atoms with van der Waals surface area (Å²) >= 11 is 0. The van der Waals surface area contributed by atoms with Crippen molar-refractivity contribution in [2.45, 2.75) is 37.9 Å². The minimum Gasteiger partial charge on any atom is -0.339 e. The molecule has 0 saturated carbocycles. The first kappa shape index (κ1) is 22.3. The molecule has 4 rings (SSSR count). The van der Waals surface area contributed by atoms with Gasteiger partial charge in [0.15, 0.2) is 0 Å². The summed E-state index contributed by atoms with van der Waals surface area (Å²) in [6.45, 7) is 1.67. The molecule has 9 heteroatoms. The summed E-state index contributed by atoms with van der Waals surface area (Å²) in [5.41, 5.74) is 1.83. The maximum Gasteiger partial charge on any atom is 0.327 e. The molecular formula is C23H31N5O4. The summed E-state index contributed by atoms with van der Waals surface area (Å²) in [7, 11) is 5.45. The van der Waals surface area contributed by atoms with Gasteiger partial charge >= 0.3 is 6.03 Å². The van der Waals surface area contributed by atoms with Gasteiger partial charge in [0.2, 0.25) is 11.8 Å². The minimum absolute atomic E-state index is 0.0187. The fraction of sp³-hybridized carbons (Fsp3) is 0.565. The van der Waals surface area contributed by atoms with E-state index in [0.29, 0.717) is 18.7 Å². The lowest BCUT2D eigenvalue weighted by Crippen LogP contribution is -2.46. The molecule has 2 unspecified atom stereocenters. The number of likely N-dealkylation sites (N-methyl/N-ethyl adjacent to an activating group) is 1. The van der Waals surface area contributed by atoms with Gasteiger partial charge in [-0.1, -0.05) is 12.1 Å². The molecule has 0 aromatic heterocycles. The van der Waals surface area contributed by atoms with Crippen LogP contribution in [0.2, 0.25) is 0 Å². The number of hydrogen-bond acceptors (Lipinski definition) is 5. The molecule has 0 aliphatic carbocycles. The lowest BCUT2D eigenvalue weighted by molar-refractivity contribution is -0.132. The Bertz CT molecular complexity index is 915. The molecule has 3 saturated heterocycles. The first-order valence-corrected chi connectivity index (χ1v) is 11.1. The third kappa shape index (κ3) is 4.34. The molecular weight excluding hydrogens is 410 g/mol. The van der Waals surface area contributed by atoms with E-state index in [4.69, 9.17) is 0 Å². The third-order valence-corrected chi connectivity index (χ3v) is 6.65. The molecule has 3 aliphatic rings. The average Bonchev–Trinajstić information content (AvgIpc) is 3.17. The van der Waals surface area contributed by atoms with Crippen LogP contribution in [0, 0.1) is 0 Å². The van der Waals surface area contributed by atoms with Gasteiger partial charge in [0, 0.05) is 44.3 Å². The summed E-state index contributed by atoms with van der Waals surface area (Å²) in [6, 6.07) is 7.42. The molecule has 2 bridgehead atoms. The number of rotatable bonds is 5. The normalized spacial score (nSPS) is 23.4. The Morgan fingerprint density at radius 1 is 1.03 bits per heavy atom. The van der Waals surface area contributed by atoms with E-state index in [0.717, 1.165) is 36.3 Å². The highest BCUT2D eigenvalue weighted by atomic mass is 16.2. The number of fused-ring (bicyclic) bond motifs is 2. The van der Waals surface area contributed by atoms with Crippen LogP contribution in [0.25, 0.3) is 0 Å². The summed E-state index contributed by atoms with van der Waals surface area (Å²) < 4.78 is 0. The number of likely N-dealkylation sites (tertiary alicyclic amines) is 1. The highest BCUT2D eigenvalue weighted by molar-refractivity contribution is 6.03. The second kappa shape index (κ2) is 8.90. The van der Waals surface area contributed by atoms with Crippen LogP contribution in [0.15, 0.2) is 24.3 Å². The molecule has 172 valence electrons. The number of imide groups is 1. The summed E-state index contributed by atoms with van der Waals surface area (Å²) in [6.07, 6.45) is 2.53. The zero-order chi connectivity index (χ0) is 23.0. The first-order chi connectivity index (χ1) is 15.2. The lowest BCUT2D eigenvalue weighted by atomic mass is 10.1. The van der Waals surface area contributed by atoms with Crippen molar-refractivity contribution in [3.63, 3.8) is 0 Å². The molecule has 0 N–H and O–H groups in total. The Morgan fingerprint density at radius 3 is 2.34 bits per heavy atom. The smallest absolute Gasteiger partial charge is 0.327 e. The van der Waals surface area contributed by atoms with Crippen molar-refractivity contribution in [3.8, 4) is 0 Å². The van der Waals surface area contributed by atoms with E-state index < -0.39 is 6.03 Å². The van der Waals surface area contributed by atoms with Gasteiger partial charge in [-0.05, 0) is 51.1 Å². The van der Waals surface area contributed by atoms with Crippen LogP contribution >= 0.6 is 0 Å². The van der Waals surface area contributed by atoms with Crippen LogP contribution in [0.5, 0.6) is 0 Å². The standard InChI is InChI=1S/C23H31N5O4/c1-24(2)12-16-4-6-17(7-5-16)22(31)28-18-8-9-19(28)13-26(11-10-18)21(30)15-27-14-20(29)25(3)23(27)32/h4-7,18-19H,8-15H2,1-3H3. The highest BCUT2D eigenvalue weighted by Crippen LogP contribution is 2.32. The predicted molar refractivity (Wildman–Crippen MR) is 118 cm³/mol. The van der Waals surface area contributed by atoms with Crippen LogP contribution in [0.3, 0.4) is 0 Å².